The molecule has 0 radical (unpaired) electrons. The summed E-state index contributed by atoms with van der Waals surface area (Å²) in [7, 11) is 0. The minimum Gasteiger partial charge on any atom is -0.454 e. The maximum absolute atomic E-state index is 14.3. The number of amides is 2. The number of nitrogens with two attached hydrogens (primary N) is 2. The lowest BCUT2D eigenvalue weighted by Gasteiger charge is -2.11. The standard InChI is InChI=1S/C23H18F2N2O.C4H11N.C3H7NO2.CH3NO.CH2O/c1-14-3-5-19(24)18(9-14)16-4-6-20(25)23(11-16)28-17-7-8-26-22(12-17)21-10-15(2)13-27-21;1-4(2,3)5;5-2-1-4-3-6;2-1-3;1-2/h3-13,27H,1-2H3;5H2,1-3H3;3,5H,1-2H2,(H,4,6);1H,(H2,2,3);1H2. The zero-order valence-electron chi connectivity index (χ0n) is 25.6. The van der Waals surface area contributed by atoms with Gasteiger partial charge in [-0.3, -0.25) is 14.6 Å². The average Bonchev–Trinajstić information content (AvgIpc) is 3.42. The number of nitrogens with one attached hydrogen (secondary N) is 2. The van der Waals surface area contributed by atoms with Gasteiger partial charge in [0.15, 0.2) is 11.6 Å². The summed E-state index contributed by atoms with van der Waals surface area (Å²) in [5.74, 6) is -0.418. The number of aliphatic hydroxyl groups is 1. The van der Waals surface area contributed by atoms with Crippen molar-refractivity contribution in [2.75, 3.05) is 13.2 Å². The van der Waals surface area contributed by atoms with Gasteiger partial charge in [-0.1, -0.05) is 17.7 Å². The third-order valence-electron chi connectivity index (χ3n) is 4.77. The molecular formula is C32H41F2N5O5. The first-order valence-electron chi connectivity index (χ1n) is 13.2. The Morgan fingerprint density at radius 2 is 1.61 bits per heavy atom. The molecule has 12 heteroatoms. The number of rotatable bonds is 7. The number of primary amides is 1. The number of aryl methyl sites for hydroxylation is 2. The van der Waals surface area contributed by atoms with Crippen molar-refractivity contribution in [3.05, 3.63) is 89.8 Å². The lowest BCUT2D eigenvalue weighted by Crippen LogP contribution is -2.26. The van der Waals surface area contributed by atoms with E-state index in [1.54, 1.807) is 36.5 Å². The van der Waals surface area contributed by atoms with Crippen LogP contribution in [-0.4, -0.2) is 53.4 Å². The van der Waals surface area contributed by atoms with Crippen molar-refractivity contribution in [1.29, 1.82) is 0 Å². The van der Waals surface area contributed by atoms with E-state index in [0.717, 1.165) is 16.8 Å². The maximum Gasteiger partial charge on any atom is 0.207 e. The predicted molar refractivity (Wildman–Crippen MR) is 168 cm³/mol. The summed E-state index contributed by atoms with van der Waals surface area (Å²) >= 11 is 0. The minimum absolute atomic E-state index is 0. The summed E-state index contributed by atoms with van der Waals surface area (Å²) in [5.41, 5.74) is 14.0. The Kier molecular flexibility index (Phi) is 18.5. The summed E-state index contributed by atoms with van der Waals surface area (Å²) in [6.07, 6.45) is 4.28. The van der Waals surface area contributed by atoms with Gasteiger partial charge in [-0.05, 0) is 82.1 Å². The van der Waals surface area contributed by atoms with Crippen LogP contribution in [-0.2, 0) is 14.4 Å². The highest BCUT2D eigenvalue weighted by molar-refractivity contribution is 5.67. The van der Waals surface area contributed by atoms with E-state index in [1.807, 2.05) is 53.7 Å². The van der Waals surface area contributed by atoms with Gasteiger partial charge in [0.1, 0.15) is 18.4 Å². The van der Waals surface area contributed by atoms with Crippen LogP contribution in [0.5, 0.6) is 11.5 Å². The molecule has 4 aromatic rings. The Labute approximate surface area is 256 Å². The SMILES string of the molecule is C=O.CC(C)(C)N.Cc1c[nH]c(-c2cc(Oc3cc(-c4cc(C)ccc4F)ccc3F)ccn2)c1.NC=O.O=CNCCO. The first-order chi connectivity index (χ1) is 20.8. The molecule has 2 heterocycles. The molecule has 10 nitrogen and oxygen atoms in total. The highest BCUT2D eigenvalue weighted by Crippen LogP contribution is 2.32. The Morgan fingerprint density at radius 1 is 1.00 bits per heavy atom. The van der Waals surface area contributed by atoms with Crippen molar-refractivity contribution in [3.8, 4) is 34.0 Å². The van der Waals surface area contributed by atoms with Crippen LogP contribution in [0.15, 0.2) is 67.0 Å². The van der Waals surface area contributed by atoms with Crippen LogP contribution in [0.2, 0.25) is 0 Å². The maximum atomic E-state index is 14.3. The molecule has 0 aliphatic heterocycles. The summed E-state index contributed by atoms with van der Waals surface area (Å²) in [6, 6.07) is 14.5. The quantitative estimate of drug-likeness (QED) is 0.147. The van der Waals surface area contributed by atoms with E-state index in [9.17, 15) is 13.6 Å². The number of carbonyl (C=O) groups is 3. The smallest absolute Gasteiger partial charge is 0.207 e. The third-order valence-corrected chi connectivity index (χ3v) is 4.77. The lowest BCUT2D eigenvalue weighted by atomic mass is 10.0. The second kappa shape index (κ2) is 20.9. The average molecular weight is 614 g/mol. The molecule has 238 valence electrons. The fourth-order valence-corrected chi connectivity index (χ4v) is 3.13. The molecule has 0 spiro atoms. The van der Waals surface area contributed by atoms with Gasteiger partial charge in [0.05, 0.1) is 18.0 Å². The van der Waals surface area contributed by atoms with Crippen LogP contribution in [0, 0.1) is 25.5 Å². The highest BCUT2D eigenvalue weighted by atomic mass is 19.1. The predicted octanol–water partition coefficient (Wildman–Crippen LogP) is 4.82. The Morgan fingerprint density at radius 3 is 2.14 bits per heavy atom. The van der Waals surface area contributed by atoms with Crippen LogP contribution in [0.3, 0.4) is 0 Å². The second-order valence-corrected chi connectivity index (χ2v) is 10.00. The number of aromatic amines is 1. The third kappa shape index (κ3) is 15.9. The number of aromatic nitrogens is 2. The molecular weight excluding hydrogens is 572 g/mol. The highest BCUT2D eigenvalue weighted by Gasteiger charge is 2.12. The van der Waals surface area contributed by atoms with E-state index in [2.05, 4.69) is 21.0 Å². The number of ether oxygens (including phenoxy) is 1. The van der Waals surface area contributed by atoms with Crippen molar-refractivity contribution in [1.82, 2.24) is 15.3 Å². The largest absolute Gasteiger partial charge is 0.454 e. The summed E-state index contributed by atoms with van der Waals surface area (Å²) in [4.78, 5) is 33.4. The zero-order chi connectivity index (χ0) is 33.7. The number of benzene rings is 2. The van der Waals surface area contributed by atoms with E-state index < -0.39 is 5.82 Å². The Hall–Kier alpha value is -4.94. The monoisotopic (exact) mass is 613 g/mol. The topological polar surface area (TPSA) is 173 Å². The molecule has 0 atom stereocenters. The minimum atomic E-state index is -0.522. The van der Waals surface area contributed by atoms with Crippen LogP contribution in [0.1, 0.15) is 31.9 Å². The number of halogens is 2. The molecule has 0 aliphatic carbocycles. The molecule has 0 bridgehead atoms. The van der Waals surface area contributed by atoms with Gasteiger partial charge in [0.25, 0.3) is 0 Å². The molecule has 2 aromatic heterocycles. The molecule has 0 saturated carbocycles. The van der Waals surface area contributed by atoms with Gasteiger partial charge in [0.2, 0.25) is 12.8 Å². The Balaban J connectivity index is 0.000000965. The van der Waals surface area contributed by atoms with E-state index in [4.69, 9.17) is 25.2 Å². The fourth-order valence-electron chi connectivity index (χ4n) is 3.13. The fraction of sp³-hybridized carbons (Fsp3) is 0.250. The molecule has 0 fully saturated rings. The van der Waals surface area contributed by atoms with Crippen LogP contribution < -0.4 is 21.5 Å². The van der Waals surface area contributed by atoms with Gasteiger partial charge < -0.3 is 36.4 Å². The van der Waals surface area contributed by atoms with E-state index in [0.29, 0.717) is 35.5 Å². The molecule has 0 aliphatic rings. The van der Waals surface area contributed by atoms with Crippen LogP contribution in [0.4, 0.5) is 8.78 Å². The van der Waals surface area contributed by atoms with Crippen molar-refractivity contribution in [3.63, 3.8) is 0 Å². The lowest BCUT2D eigenvalue weighted by molar-refractivity contribution is -0.109. The molecule has 4 rings (SSSR count). The van der Waals surface area contributed by atoms with Crippen molar-refractivity contribution < 1.29 is 33.0 Å². The summed E-state index contributed by atoms with van der Waals surface area (Å²) in [6.45, 7) is 12.1. The Bertz CT molecular complexity index is 1420. The zero-order valence-corrected chi connectivity index (χ0v) is 25.6. The van der Waals surface area contributed by atoms with Gasteiger partial charge in [-0.2, -0.15) is 0 Å². The molecule has 44 heavy (non-hydrogen) atoms. The molecule has 2 amide bonds. The van der Waals surface area contributed by atoms with Crippen molar-refractivity contribution in [2.24, 2.45) is 11.5 Å². The molecule has 0 unspecified atom stereocenters. The van der Waals surface area contributed by atoms with E-state index in [-0.39, 0.29) is 30.1 Å². The van der Waals surface area contributed by atoms with E-state index in [1.165, 1.54) is 18.2 Å². The van der Waals surface area contributed by atoms with Gasteiger partial charge in [0, 0.05) is 36.1 Å². The molecule has 0 saturated heterocycles. The number of carbonyl (C=O) groups excluding carboxylic acids is 3. The number of H-pyrrole nitrogens is 1. The van der Waals surface area contributed by atoms with Crippen molar-refractivity contribution in [2.45, 2.75) is 40.2 Å². The summed E-state index contributed by atoms with van der Waals surface area (Å²) < 4.78 is 34.3. The summed E-state index contributed by atoms with van der Waals surface area (Å²) in [5, 5.41) is 10.2. The number of nitrogens with zero attached hydrogens (tertiary/aromatic N) is 1. The molecule has 2 aromatic carbocycles. The normalized spacial score (nSPS) is 9.66. The number of aliphatic hydroxyl groups excluding tert-OH is 1. The van der Waals surface area contributed by atoms with Gasteiger partial charge in [-0.15, -0.1) is 0 Å². The van der Waals surface area contributed by atoms with Crippen LogP contribution in [0.25, 0.3) is 22.5 Å². The van der Waals surface area contributed by atoms with Crippen LogP contribution >= 0.6 is 0 Å². The number of pyridine rings is 1. The number of hydrogen-bond acceptors (Lipinski definition) is 7. The number of hydrogen-bond donors (Lipinski definition) is 5. The van der Waals surface area contributed by atoms with Gasteiger partial charge in [-0.25, -0.2) is 8.78 Å². The second-order valence-electron chi connectivity index (χ2n) is 10.00. The van der Waals surface area contributed by atoms with Crippen molar-refractivity contribution >= 4 is 19.6 Å². The van der Waals surface area contributed by atoms with E-state index >= 15 is 0 Å². The first kappa shape index (κ1) is 39.1. The first-order valence-corrected chi connectivity index (χ1v) is 13.2. The van der Waals surface area contributed by atoms with Gasteiger partial charge >= 0.3 is 0 Å². The molecule has 7 N–H and O–H groups in total.